The van der Waals surface area contributed by atoms with E-state index < -0.39 is 12.6 Å². The maximum absolute atomic E-state index is 13.0. The first-order valence-corrected chi connectivity index (χ1v) is 10.4. The Morgan fingerprint density at radius 1 is 0.697 bits per heavy atom. The normalized spacial score (nSPS) is 10.3. The van der Waals surface area contributed by atoms with E-state index in [1.165, 1.54) is 27.4 Å². The van der Waals surface area contributed by atoms with Crippen LogP contribution in [0.5, 0.6) is 17.2 Å². The molecule has 0 spiro atoms. The van der Waals surface area contributed by atoms with Crippen LogP contribution < -0.4 is 14.2 Å². The summed E-state index contributed by atoms with van der Waals surface area (Å²) in [5.41, 5.74) is 2.10. The van der Waals surface area contributed by atoms with E-state index in [2.05, 4.69) is 0 Å². The third-order valence-electron chi connectivity index (χ3n) is 5.04. The summed E-state index contributed by atoms with van der Waals surface area (Å²) >= 11 is 0. The number of esters is 1. The maximum Gasteiger partial charge on any atom is 0.342 e. The van der Waals surface area contributed by atoms with Crippen LogP contribution in [0, 0.1) is 0 Å². The Hall–Kier alpha value is -4.00. The van der Waals surface area contributed by atoms with E-state index in [9.17, 15) is 9.59 Å². The van der Waals surface area contributed by atoms with E-state index in [0.717, 1.165) is 11.1 Å². The van der Waals surface area contributed by atoms with Gasteiger partial charge in [0.2, 0.25) is 5.75 Å². The third kappa shape index (κ3) is 6.04. The number of carbonyl (C=O) groups is 2. The Morgan fingerprint density at radius 3 is 1.73 bits per heavy atom. The van der Waals surface area contributed by atoms with Crippen LogP contribution in [0.2, 0.25) is 0 Å². The molecule has 3 aromatic rings. The standard InChI is InChI=1S/C26H27NO6/c1-30-22-15-14-21(24(31-2)25(22)32-3)26(29)33-18-23(28)27(16-19-10-6-4-7-11-19)17-20-12-8-5-9-13-20/h4-15H,16-18H2,1-3H3. The van der Waals surface area contributed by atoms with E-state index in [-0.39, 0.29) is 23.0 Å². The summed E-state index contributed by atoms with van der Waals surface area (Å²) in [6.07, 6.45) is 0. The molecule has 0 saturated carbocycles. The van der Waals surface area contributed by atoms with Gasteiger partial charge in [-0.05, 0) is 23.3 Å². The fourth-order valence-corrected chi connectivity index (χ4v) is 3.40. The molecule has 1 amide bonds. The van der Waals surface area contributed by atoms with Crippen molar-refractivity contribution < 1.29 is 28.5 Å². The second-order valence-corrected chi connectivity index (χ2v) is 7.18. The average molecular weight is 450 g/mol. The summed E-state index contributed by atoms with van der Waals surface area (Å²) in [6.45, 7) is 0.383. The van der Waals surface area contributed by atoms with Gasteiger partial charge < -0.3 is 23.8 Å². The number of methoxy groups -OCH3 is 3. The number of hydrogen-bond donors (Lipinski definition) is 0. The molecule has 0 saturated heterocycles. The van der Waals surface area contributed by atoms with Crippen molar-refractivity contribution in [3.8, 4) is 17.2 Å². The number of hydrogen-bond acceptors (Lipinski definition) is 6. The minimum Gasteiger partial charge on any atom is -0.493 e. The van der Waals surface area contributed by atoms with Crippen LogP contribution >= 0.6 is 0 Å². The fraction of sp³-hybridized carbons (Fsp3) is 0.231. The first-order chi connectivity index (χ1) is 16.1. The van der Waals surface area contributed by atoms with E-state index in [1.54, 1.807) is 11.0 Å². The van der Waals surface area contributed by atoms with Crippen molar-refractivity contribution in [3.05, 3.63) is 89.5 Å². The summed E-state index contributed by atoms with van der Waals surface area (Å²) in [6, 6.07) is 22.4. The second-order valence-electron chi connectivity index (χ2n) is 7.18. The van der Waals surface area contributed by atoms with Crippen LogP contribution in [0.3, 0.4) is 0 Å². The molecule has 0 aromatic heterocycles. The van der Waals surface area contributed by atoms with Gasteiger partial charge in [0.15, 0.2) is 18.1 Å². The summed E-state index contributed by atoms with van der Waals surface area (Å²) in [5, 5.41) is 0. The topological polar surface area (TPSA) is 74.3 Å². The van der Waals surface area contributed by atoms with Crippen molar-refractivity contribution in [1.82, 2.24) is 4.90 Å². The van der Waals surface area contributed by atoms with Gasteiger partial charge in [0.05, 0.1) is 21.3 Å². The zero-order valence-corrected chi connectivity index (χ0v) is 18.9. The van der Waals surface area contributed by atoms with Gasteiger partial charge in [-0.25, -0.2) is 4.79 Å². The molecule has 3 aromatic carbocycles. The molecule has 0 heterocycles. The smallest absolute Gasteiger partial charge is 0.342 e. The number of benzene rings is 3. The molecule has 0 bridgehead atoms. The SMILES string of the molecule is COc1ccc(C(=O)OCC(=O)N(Cc2ccccc2)Cc2ccccc2)c(OC)c1OC. The van der Waals surface area contributed by atoms with E-state index in [1.807, 2.05) is 60.7 Å². The molecule has 0 N–H and O–H groups in total. The van der Waals surface area contributed by atoms with E-state index >= 15 is 0 Å². The van der Waals surface area contributed by atoms with Crippen molar-refractivity contribution in [2.75, 3.05) is 27.9 Å². The van der Waals surface area contributed by atoms with Gasteiger partial charge in [-0.15, -0.1) is 0 Å². The van der Waals surface area contributed by atoms with Crippen molar-refractivity contribution in [3.63, 3.8) is 0 Å². The Bertz CT molecular complexity index is 1030. The van der Waals surface area contributed by atoms with Gasteiger partial charge >= 0.3 is 5.97 Å². The molecular weight excluding hydrogens is 422 g/mol. The van der Waals surface area contributed by atoms with Gasteiger partial charge in [0, 0.05) is 13.1 Å². The quantitative estimate of drug-likeness (QED) is 0.434. The first-order valence-electron chi connectivity index (χ1n) is 10.4. The number of nitrogens with zero attached hydrogens (tertiary/aromatic N) is 1. The Labute approximate surface area is 193 Å². The molecular formula is C26H27NO6. The number of carbonyl (C=O) groups excluding carboxylic acids is 2. The van der Waals surface area contributed by atoms with E-state index in [4.69, 9.17) is 18.9 Å². The van der Waals surface area contributed by atoms with Gasteiger partial charge in [0.1, 0.15) is 5.56 Å². The van der Waals surface area contributed by atoms with Gasteiger partial charge in [-0.1, -0.05) is 60.7 Å². The largest absolute Gasteiger partial charge is 0.493 e. The van der Waals surface area contributed by atoms with Gasteiger partial charge in [-0.2, -0.15) is 0 Å². The molecule has 0 radical (unpaired) electrons. The molecule has 7 nitrogen and oxygen atoms in total. The lowest BCUT2D eigenvalue weighted by atomic mass is 10.1. The Morgan fingerprint density at radius 2 is 1.24 bits per heavy atom. The zero-order valence-electron chi connectivity index (χ0n) is 18.9. The molecule has 0 fully saturated rings. The summed E-state index contributed by atoms with van der Waals surface area (Å²) in [5.74, 6) is -0.134. The predicted molar refractivity (Wildman–Crippen MR) is 124 cm³/mol. The Kier molecular flexibility index (Phi) is 8.30. The summed E-state index contributed by atoms with van der Waals surface area (Å²) < 4.78 is 21.2. The molecule has 0 aliphatic heterocycles. The van der Waals surface area contributed by atoms with Crippen LogP contribution in [0.15, 0.2) is 72.8 Å². The highest BCUT2D eigenvalue weighted by Gasteiger charge is 2.23. The molecule has 33 heavy (non-hydrogen) atoms. The number of ether oxygens (including phenoxy) is 4. The monoisotopic (exact) mass is 449 g/mol. The molecule has 7 heteroatoms. The summed E-state index contributed by atoms with van der Waals surface area (Å²) in [7, 11) is 4.35. The lowest BCUT2D eigenvalue weighted by Gasteiger charge is -2.23. The lowest BCUT2D eigenvalue weighted by Crippen LogP contribution is -2.34. The molecule has 0 unspecified atom stereocenters. The Balaban J connectivity index is 1.75. The first kappa shape index (κ1) is 23.7. The number of amides is 1. The fourth-order valence-electron chi connectivity index (χ4n) is 3.40. The zero-order chi connectivity index (χ0) is 23.6. The van der Waals surface area contributed by atoms with Gasteiger partial charge in [0.25, 0.3) is 5.91 Å². The van der Waals surface area contributed by atoms with Crippen LogP contribution in [0.25, 0.3) is 0 Å². The molecule has 3 rings (SSSR count). The maximum atomic E-state index is 13.0. The highest BCUT2D eigenvalue weighted by Crippen LogP contribution is 2.39. The van der Waals surface area contributed by atoms with Crippen LogP contribution in [0.4, 0.5) is 0 Å². The van der Waals surface area contributed by atoms with Crippen molar-refractivity contribution >= 4 is 11.9 Å². The van der Waals surface area contributed by atoms with Crippen molar-refractivity contribution in [2.45, 2.75) is 13.1 Å². The van der Waals surface area contributed by atoms with Gasteiger partial charge in [-0.3, -0.25) is 4.79 Å². The second kappa shape index (κ2) is 11.6. The minimum atomic E-state index is -0.694. The predicted octanol–water partition coefficient (Wildman–Crippen LogP) is 4.10. The summed E-state index contributed by atoms with van der Waals surface area (Å²) in [4.78, 5) is 27.5. The molecule has 0 aliphatic rings. The molecule has 0 atom stereocenters. The van der Waals surface area contributed by atoms with Crippen LogP contribution in [0.1, 0.15) is 21.5 Å². The molecule has 172 valence electrons. The average Bonchev–Trinajstić information content (AvgIpc) is 2.86. The third-order valence-corrected chi connectivity index (χ3v) is 5.04. The highest BCUT2D eigenvalue weighted by atomic mass is 16.5. The van der Waals surface area contributed by atoms with Crippen LogP contribution in [-0.4, -0.2) is 44.7 Å². The number of rotatable bonds is 10. The van der Waals surface area contributed by atoms with E-state index in [0.29, 0.717) is 18.8 Å². The van der Waals surface area contributed by atoms with Crippen LogP contribution in [-0.2, 0) is 22.6 Å². The highest BCUT2D eigenvalue weighted by molar-refractivity contribution is 5.95. The lowest BCUT2D eigenvalue weighted by molar-refractivity contribution is -0.135. The minimum absolute atomic E-state index is 0.139. The van der Waals surface area contributed by atoms with Crippen molar-refractivity contribution in [2.24, 2.45) is 0 Å². The molecule has 0 aliphatic carbocycles. The van der Waals surface area contributed by atoms with Crippen molar-refractivity contribution in [1.29, 1.82) is 0 Å².